The van der Waals surface area contributed by atoms with Crippen molar-refractivity contribution < 1.29 is 23.5 Å². The summed E-state index contributed by atoms with van der Waals surface area (Å²) in [5.74, 6) is -0.689. The van der Waals surface area contributed by atoms with Gasteiger partial charge in [-0.2, -0.15) is 0 Å². The zero-order valence-corrected chi connectivity index (χ0v) is 18.4. The number of benzene rings is 1. The first-order valence-electron chi connectivity index (χ1n) is 10.7. The molecule has 32 heavy (non-hydrogen) atoms. The Balaban J connectivity index is 1.40. The molecule has 1 saturated heterocycles. The largest absolute Gasteiger partial charge is 0.444 e. The lowest BCUT2D eigenvalue weighted by molar-refractivity contribution is -0.0433. The minimum absolute atomic E-state index is 0.0339. The molecule has 1 aromatic carbocycles. The molecule has 2 heterocycles. The fourth-order valence-corrected chi connectivity index (χ4v) is 3.41. The van der Waals surface area contributed by atoms with Crippen molar-refractivity contribution in [3.05, 3.63) is 53.4 Å². The smallest absolute Gasteiger partial charge is 0.410 e. The van der Waals surface area contributed by atoms with Crippen LogP contribution in [-0.4, -0.2) is 52.2 Å². The number of carbonyl (C=O) groups excluding carboxylic acids is 2. The minimum Gasteiger partial charge on any atom is -0.444 e. The number of hydrogen-bond acceptors (Lipinski definition) is 6. The lowest BCUT2D eigenvalue weighted by Crippen LogP contribution is -2.44. The van der Waals surface area contributed by atoms with Crippen LogP contribution in [0.1, 0.15) is 67.4 Å². The predicted octanol–water partition coefficient (Wildman–Crippen LogP) is 4.05. The van der Waals surface area contributed by atoms with E-state index in [-0.39, 0.29) is 17.9 Å². The van der Waals surface area contributed by atoms with Gasteiger partial charge in [-0.25, -0.2) is 14.2 Å². The molecule has 1 unspecified atom stereocenters. The fraction of sp³-hybridized carbons (Fsp3) is 0.478. The van der Waals surface area contributed by atoms with Gasteiger partial charge in [0.25, 0.3) is 5.91 Å². The topological polar surface area (TPSA) is 93.7 Å². The third-order valence-electron chi connectivity index (χ3n) is 5.23. The van der Waals surface area contributed by atoms with Gasteiger partial charge in [0.1, 0.15) is 23.2 Å². The maximum atomic E-state index is 14.7. The summed E-state index contributed by atoms with van der Waals surface area (Å²) in [6.45, 7) is 6.39. The summed E-state index contributed by atoms with van der Waals surface area (Å²) in [7, 11) is 0. The highest BCUT2D eigenvalue weighted by Crippen LogP contribution is 2.38. The molecule has 2 fully saturated rings. The number of morpholine rings is 1. The second kappa shape index (κ2) is 8.82. The molecule has 1 N–H and O–H groups in total. The van der Waals surface area contributed by atoms with E-state index in [1.54, 1.807) is 37.9 Å². The summed E-state index contributed by atoms with van der Waals surface area (Å²) in [6.07, 6.45) is 4.29. The second-order valence-corrected chi connectivity index (χ2v) is 9.08. The van der Waals surface area contributed by atoms with Crippen LogP contribution in [0.15, 0.2) is 30.6 Å². The number of nitrogens with one attached hydrogen (secondary N) is 1. The van der Waals surface area contributed by atoms with Crippen molar-refractivity contribution in [2.75, 3.05) is 25.0 Å². The quantitative estimate of drug-likeness (QED) is 0.768. The Morgan fingerprint density at radius 1 is 1.22 bits per heavy atom. The average Bonchev–Trinajstić information content (AvgIpc) is 3.59. The van der Waals surface area contributed by atoms with Crippen molar-refractivity contribution in [3.63, 3.8) is 0 Å². The Labute approximate surface area is 186 Å². The molecule has 0 radical (unpaired) electrons. The summed E-state index contributed by atoms with van der Waals surface area (Å²) in [6, 6.07) is 4.45. The predicted molar refractivity (Wildman–Crippen MR) is 115 cm³/mol. The van der Waals surface area contributed by atoms with Gasteiger partial charge in [-0.1, -0.05) is 6.07 Å². The average molecular weight is 442 g/mol. The van der Waals surface area contributed by atoms with Crippen LogP contribution < -0.4 is 5.32 Å². The maximum Gasteiger partial charge on any atom is 0.410 e. The van der Waals surface area contributed by atoms with Crippen LogP contribution in [0.5, 0.6) is 0 Å². The molecule has 9 heteroatoms. The molecular weight excluding hydrogens is 415 g/mol. The molecule has 1 atom stereocenters. The Bertz CT molecular complexity index is 1000. The zero-order valence-electron chi connectivity index (χ0n) is 18.4. The molecular formula is C23H27FN4O4. The molecule has 2 amide bonds. The van der Waals surface area contributed by atoms with Crippen molar-refractivity contribution in [1.29, 1.82) is 0 Å². The highest BCUT2D eigenvalue weighted by atomic mass is 19.1. The van der Waals surface area contributed by atoms with E-state index in [1.807, 2.05) is 0 Å². The standard InChI is InChI=1S/C23H27FN4O4/c1-23(2,3)32-22(30)28-8-9-31-20(13-28)15-6-7-17(16(24)10-15)27-21(29)19-12-25-18(11-26-19)14-4-5-14/h6-7,10-12,14,20H,4-5,8-9,13H2,1-3H3,(H,27,29). The summed E-state index contributed by atoms with van der Waals surface area (Å²) < 4.78 is 25.9. The van der Waals surface area contributed by atoms with Gasteiger partial charge in [-0.05, 0) is 51.3 Å². The first-order chi connectivity index (χ1) is 15.2. The number of aromatic nitrogens is 2. The molecule has 8 nitrogen and oxygen atoms in total. The van der Waals surface area contributed by atoms with Crippen molar-refractivity contribution in [3.8, 4) is 0 Å². The van der Waals surface area contributed by atoms with Crippen LogP contribution in [0.2, 0.25) is 0 Å². The van der Waals surface area contributed by atoms with Crippen LogP contribution >= 0.6 is 0 Å². The molecule has 1 aliphatic heterocycles. The molecule has 0 bridgehead atoms. The van der Waals surface area contributed by atoms with Gasteiger partial charge >= 0.3 is 6.09 Å². The number of anilines is 1. The lowest BCUT2D eigenvalue weighted by Gasteiger charge is -2.34. The molecule has 2 aliphatic rings. The summed E-state index contributed by atoms with van der Waals surface area (Å²) in [5.41, 5.74) is 1.01. The van der Waals surface area contributed by atoms with E-state index in [0.29, 0.717) is 24.6 Å². The molecule has 4 rings (SSSR count). The van der Waals surface area contributed by atoms with Gasteiger partial charge in [0.05, 0.1) is 30.7 Å². The summed E-state index contributed by atoms with van der Waals surface area (Å²) >= 11 is 0. The Morgan fingerprint density at radius 2 is 2.00 bits per heavy atom. The third-order valence-corrected chi connectivity index (χ3v) is 5.23. The molecule has 0 spiro atoms. The number of nitrogens with zero attached hydrogens (tertiary/aromatic N) is 3. The SMILES string of the molecule is CC(C)(C)OC(=O)N1CCOC(c2ccc(NC(=O)c3cnc(C4CC4)cn3)c(F)c2)C1. The normalized spacial score (nSPS) is 18.9. The Morgan fingerprint density at radius 3 is 2.62 bits per heavy atom. The molecule has 2 aromatic rings. The van der Waals surface area contributed by atoms with E-state index in [4.69, 9.17) is 9.47 Å². The van der Waals surface area contributed by atoms with Crippen molar-refractivity contribution in [2.45, 2.75) is 51.2 Å². The molecule has 1 saturated carbocycles. The van der Waals surface area contributed by atoms with Crippen LogP contribution in [0.3, 0.4) is 0 Å². The molecule has 1 aromatic heterocycles. The lowest BCUT2D eigenvalue weighted by atomic mass is 10.1. The summed E-state index contributed by atoms with van der Waals surface area (Å²) in [5, 5.41) is 2.53. The third kappa shape index (κ3) is 5.40. The van der Waals surface area contributed by atoms with Crippen LogP contribution in [0.4, 0.5) is 14.9 Å². The van der Waals surface area contributed by atoms with Crippen molar-refractivity contribution in [2.24, 2.45) is 0 Å². The van der Waals surface area contributed by atoms with Crippen LogP contribution in [0, 0.1) is 5.82 Å². The highest BCUT2D eigenvalue weighted by molar-refractivity contribution is 6.02. The van der Waals surface area contributed by atoms with E-state index in [0.717, 1.165) is 18.5 Å². The van der Waals surface area contributed by atoms with Gasteiger partial charge in [-0.3, -0.25) is 9.78 Å². The highest BCUT2D eigenvalue weighted by Gasteiger charge is 2.29. The van der Waals surface area contributed by atoms with Gasteiger partial charge in [0.15, 0.2) is 0 Å². The summed E-state index contributed by atoms with van der Waals surface area (Å²) in [4.78, 5) is 34.7. The van der Waals surface area contributed by atoms with Gasteiger partial charge < -0.3 is 19.7 Å². The zero-order chi connectivity index (χ0) is 22.9. The molecule has 170 valence electrons. The van der Waals surface area contributed by atoms with Crippen LogP contribution in [-0.2, 0) is 9.47 Å². The number of rotatable bonds is 4. The van der Waals surface area contributed by atoms with Crippen LogP contribution in [0.25, 0.3) is 0 Å². The van der Waals surface area contributed by atoms with E-state index < -0.39 is 29.5 Å². The fourth-order valence-electron chi connectivity index (χ4n) is 3.41. The Hall–Kier alpha value is -3.07. The van der Waals surface area contributed by atoms with Crippen molar-refractivity contribution in [1.82, 2.24) is 14.9 Å². The number of ether oxygens (including phenoxy) is 2. The van der Waals surface area contributed by atoms with E-state index >= 15 is 0 Å². The number of amides is 2. The van der Waals surface area contributed by atoms with E-state index in [2.05, 4.69) is 15.3 Å². The van der Waals surface area contributed by atoms with E-state index in [1.165, 1.54) is 18.3 Å². The molecule has 1 aliphatic carbocycles. The number of carbonyl (C=O) groups is 2. The second-order valence-electron chi connectivity index (χ2n) is 9.08. The first kappa shape index (κ1) is 22.1. The first-order valence-corrected chi connectivity index (χ1v) is 10.7. The maximum absolute atomic E-state index is 14.7. The monoisotopic (exact) mass is 442 g/mol. The van der Waals surface area contributed by atoms with Gasteiger partial charge in [-0.15, -0.1) is 0 Å². The van der Waals surface area contributed by atoms with Crippen molar-refractivity contribution >= 4 is 17.7 Å². The number of halogens is 1. The van der Waals surface area contributed by atoms with Gasteiger partial charge in [0.2, 0.25) is 0 Å². The van der Waals surface area contributed by atoms with Gasteiger partial charge in [0, 0.05) is 18.7 Å². The Kier molecular flexibility index (Phi) is 6.10. The van der Waals surface area contributed by atoms with E-state index in [9.17, 15) is 14.0 Å². The minimum atomic E-state index is -0.601. The number of hydrogen-bond donors (Lipinski definition) is 1.